The highest BCUT2D eigenvalue weighted by Gasteiger charge is 2.37. The number of carbonyl (C=O) groups is 2. The molecule has 4 aromatic heterocycles. The Hall–Kier alpha value is -4.50. The second kappa shape index (κ2) is 9.50. The number of fused-ring (bicyclic) bond motifs is 3. The van der Waals surface area contributed by atoms with E-state index in [4.69, 9.17) is 15.8 Å². The lowest BCUT2D eigenvalue weighted by Gasteiger charge is -2.23. The number of amides is 2. The largest absolute Gasteiger partial charge is 0.348 e. The molecule has 0 spiro atoms. The lowest BCUT2D eigenvalue weighted by molar-refractivity contribution is 0.0739. The number of pyridine rings is 2. The molecule has 2 aliphatic heterocycles. The Kier molecular flexibility index (Phi) is 5.78. The fraction of sp³-hybridized carbons (Fsp3) is 0.353. The molecule has 6 heterocycles. The molecule has 1 saturated carbocycles. The second-order valence-electron chi connectivity index (χ2n) is 12.7. The van der Waals surface area contributed by atoms with Crippen LogP contribution < -0.4 is 11.1 Å². The van der Waals surface area contributed by atoms with Gasteiger partial charge in [-0.25, -0.2) is 9.50 Å². The molecule has 9 nitrogen and oxygen atoms in total. The van der Waals surface area contributed by atoms with E-state index >= 15 is 0 Å². The van der Waals surface area contributed by atoms with Gasteiger partial charge in [0.1, 0.15) is 11.3 Å². The lowest BCUT2D eigenvalue weighted by Crippen LogP contribution is -2.41. The SMILES string of the molecule is Cc1c(-c2cc3ccc(-c4ccc5c(c4)CNC5=O)nc3n2CC2CC2)nn2cc(C(=O)N3CC(C)[C@@H](N)C3C)ccc12. The van der Waals surface area contributed by atoms with E-state index in [2.05, 4.69) is 48.0 Å². The molecule has 8 rings (SSSR count). The maximum Gasteiger partial charge on any atom is 0.255 e. The van der Waals surface area contributed by atoms with Crippen molar-refractivity contribution in [3.8, 4) is 22.6 Å². The Balaban J connectivity index is 1.20. The summed E-state index contributed by atoms with van der Waals surface area (Å²) in [6, 6.07) is 16.2. The van der Waals surface area contributed by atoms with Crippen molar-refractivity contribution < 1.29 is 9.59 Å². The molecule has 1 saturated heterocycles. The van der Waals surface area contributed by atoms with E-state index in [-0.39, 0.29) is 29.8 Å². The number of nitrogens with zero attached hydrogens (tertiary/aromatic N) is 5. The molecular formula is C34H35N7O2. The quantitative estimate of drug-likeness (QED) is 0.314. The summed E-state index contributed by atoms with van der Waals surface area (Å²) in [6.45, 7) is 8.34. The van der Waals surface area contributed by atoms with Gasteiger partial charge in [-0.2, -0.15) is 5.10 Å². The maximum absolute atomic E-state index is 13.5. The Morgan fingerprint density at radius 2 is 1.93 bits per heavy atom. The van der Waals surface area contributed by atoms with Crippen LogP contribution in [0.25, 0.3) is 39.2 Å². The molecule has 2 amide bonds. The summed E-state index contributed by atoms with van der Waals surface area (Å²) in [6.07, 6.45) is 4.29. The zero-order chi connectivity index (χ0) is 29.6. The summed E-state index contributed by atoms with van der Waals surface area (Å²) in [7, 11) is 0. The number of benzene rings is 1. The third-order valence-electron chi connectivity index (χ3n) is 9.78. The van der Waals surface area contributed by atoms with E-state index < -0.39 is 0 Å². The van der Waals surface area contributed by atoms with Crippen molar-refractivity contribution in [3.05, 3.63) is 77.0 Å². The summed E-state index contributed by atoms with van der Waals surface area (Å²) in [4.78, 5) is 32.6. The lowest BCUT2D eigenvalue weighted by atomic mass is 10.0. The zero-order valence-electron chi connectivity index (χ0n) is 24.7. The highest BCUT2D eigenvalue weighted by atomic mass is 16.2. The number of nitrogens with two attached hydrogens (primary N) is 1. The summed E-state index contributed by atoms with van der Waals surface area (Å²) in [5.74, 6) is 0.883. The molecule has 1 aliphatic carbocycles. The second-order valence-corrected chi connectivity index (χ2v) is 12.7. The minimum atomic E-state index is -0.0170. The number of nitrogens with one attached hydrogen (secondary N) is 1. The van der Waals surface area contributed by atoms with Crippen LogP contribution in [0.5, 0.6) is 0 Å². The Labute approximate surface area is 249 Å². The molecule has 0 bridgehead atoms. The zero-order valence-corrected chi connectivity index (χ0v) is 24.7. The number of aryl methyl sites for hydroxylation is 1. The molecule has 2 unspecified atom stereocenters. The van der Waals surface area contributed by atoms with Crippen LogP contribution in [-0.4, -0.2) is 54.5 Å². The first-order valence-corrected chi connectivity index (χ1v) is 15.2. The van der Waals surface area contributed by atoms with Gasteiger partial charge < -0.3 is 20.5 Å². The van der Waals surface area contributed by atoms with Gasteiger partial charge in [-0.05, 0) is 86.6 Å². The number of rotatable bonds is 5. The minimum Gasteiger partial charge on any atom is -0.348 e. The summed E-state index contributed by atoms with van der Waals surface area (Å²) < 4.78 is 4.17. The number of carbonyl (C=O) groups excluding carboxylic acids is 2. The summed E-state index contributed by atoms with van der Waals surface area (Å²) >= 11 is 0. The normalized spacial score (nSPS) is 21.6. The van der Waals surface area contributed by atoms with Crippen molar-refractivity contribution in [1.29, 1.82) is 0 Å². The topological polar surface area (TPSA) is 111 Å². The van der Waals surface area contributed by atoms with Crippen molar-refractivity contribution >= 4 is 28.4 Å². The molecule has 2 fully saturated rings. The van der Waals surface area contributed by atoms with E-state index in [0.29, 0.717) is 24.6 Å². The van der Waals surface area contributed by atoms with Crippen LogP contribution in [0, 0.1) is 18.8 Å². The minimum absolute atomic E-state index is 0.000371. The van der Waals surface area contributed by atoms with Crippen molar-refractivity contribution in [2.75, 3.05) is 6.54 Å². The molecule has 3 aliphatic rings. The number of hydrogen-bond donors (Lipinski definition) is 2. The van der Waals surface area contributed by atoms with E-state index in [1.807, 2.05) is 46.8 Å². The maximum atomic E-state index is 13.5. The Bertz CT molecular complexity index is 1970. The molecule has 3 atom stereocenters. The van der Waals surface area contributed by atoms with Gasteiger partial charge in [0.2, 0.25) is 0 Å². The number of hydrogen-bond acceptors (Lipinski definition) is 5. The molecule has 218 valence electrons. The van der Waals surface area contributed by atoms with Crippen LogP contribution in [0.3, 0.4) is 0 Å². The number of likely N-dealkylation sites (tertiary alicyclic amines) is 1. The van der Waals surface area contributed by atoms with E-state index in [1.165, 1.54) is 12.8 Å². The Morgan fingerprint density at radius 1 is 1.09 bits per heavy atom. The third-order valence-corrected chi connectivity index (χ3v) is 9.78. The molecule has 1 aromatic carbocycles. The smallest absolute Gasteiger partial charge is 0.255 e. The van der Waals surface area contributed by atoms with Crippen LogP contribution in [0.1, 0.15) is 58.5 Å². The van der Waals surface area contributed by atoms with E-state index in [0.717, 1.165) is 62.4 Å². The van der Waals surface area contributed by atoms with Gasteiger partial charge in [0.05, 0.1) is 22.5 Å². The van der Waals surface area contributed by atoms with Crippen molar-refractivity contribution in [2.24, 2.45) is 17.6 Å². The van der Waals surface area contributed by atoms with Crippen LogP contribution in [0.4, 0.5) is 0 Å². The third kappa shape index (κ3) is 4.17. The van der Waals surface area contributed by atoms with E-state index in [1.54, 1.807) is 0 Å². The molecule has 0 radical (unpaired) electrons. The fourth-order valence-corrected chi connectivity index (χ4v) is 6.88. The number of aromatic nitrogens is 4. The van der Waals surface area contributed by atoms with Gasteiger partial charge in [-0.3, -0.25) is 9.59 Å². The van der Waals surface area contributed by atoms with E-state index in [9.17, 15) is 9.59 Å². The molecule has 9 heteroatoms. The van der Waals surface area contributed by atoms with Gasteiger partial charge >= 0.3 is 0 Å². The Morgan fingerprint density at radius 3 is 2.70 bits per heavy atom. The predicted molar refractivity (Wildman–Crippen MR) is 166 cm³/mol. The van der Waals surface area contributed by atoms with Gasteiger partial charge in [-0.15, -0.1) is 0 Å². The monoisotopic (exact) mass is 573 g/mol. The summed E-state index contributed by atoms with van der Waals surface area (Å²) in [5, 5.41) is 9.01. The van der Waals surface area contributed by atoms with Crippen LogP contribution in [0.2, 0.25) is 0 Å². The van der Waals surface area contributed by atoms with Crippen molar-refractivity contribution in [2.45, 2.75) is 58.8 Å². The van der Waals surface area contributed by atoms with Crippen LogP contribution in [0.15, 0.2) is 54.7 Å². The molecular weight excluding hydrogens is 538 g/mol. The first-order chi connectivity index (χ1) is 20.8. The van der Waals surface area contributed by atoms with Crippen LogP contribution >= 0.6 is 0 Å². The van der Waals surface area contributed by atoms with Crippen molar-refractivity contribution in [3.63, 3.8) is 0 Å². The molecule has 3 N–H and O–H groups in total. The average Bonchev–Trinajstić information content (AvgIpc) is 3.44. The molecule has 43 heavy (non-hydrogen) atoms. The predicted octanol–water partition coefficient (Wildman–Crippen LogP) is 4.79. The van der Waals surface area contributed by atoms with Crippen molar-refractivity contribution in [1.82, 2.24) is 29.4 Å². The first-order valence-electron chi connectivity index (χ1n) is 15.2. The first kappa shape index (κ1) is 26.2. The van der Waals surface area contributed by atoms with Gasteiger partial charge in [-0.1, -0.05) is 13.0 Å². The van der Waals surface area contributed by atoms with Crippen LogP contribution in [-0.2, 0) is 13.1 Å². The van der Waals surface area contributed by atoms with Gasteiger partial charge in [0, 0.05) is 60.0 Å². The highest BCUT2D eigenvalue weighted by Crippen LogP contribution is 2.37. The summed E-state index contributed by atoms with van der Waals surface area (Å²) in [5.41, 5.74) is 15.5. The molecule has 5 aromatic rings. The average molecular weight is 574 g/mol. The van der Waals surface area contributed by atoms with Gasteiger partial charge in [0.25, 0.3) is 11.8 Å². The van der Waals surface area contributed by atoms with Gasteiger partial charge in [0.15, 0.2) is 0 Å². The fourth-order valence-electron chi connectivity index (χ4n) is 6.88. The highest BCUT2D eigenvalue weighted by molar-refractivity contribution is 5.99. The standard InChI is InChI=1S/C34H35N7O2/c1-18-15-39(20(3)30(18)35)34(43)24-8-11-28-19(2)31(38-41(28)17-24)29-13-23-7-10-27(37-32(23)40(29)16-21-4-5-21)22-6-9-26-25(12-22)14-36-33(26)42/h6-13,17-18,20-21,30H,4-5,14-16,35H2,1-3H3,(H,36,42)/t18?,20?,30-/m1/s1.